The molecule has 4 heterocycles. The highest BCUT2D eigenvalue weighted by atomic mass is 35.5. The zero-order chi connectivity index (χ0) is 24.3. The van der Waals surface area contributed by atoms with Crippen LogP contribution in [0.2, 0.25) is 5.02 Å². The number of rotatable bonds is 3. The molecule has 35 heavy (non-hydrogen) atoms. The molecule has 0 spiro atoms. The average Bonchev–Trinajstić information content (AvgIpc) is 3.45. The summed E-state index contributed by atoms with van der Waals surface area (Å²) in [4.78, 5) is 25.2. The zero-order valence-electron chi connectivity index (χ0n) is 19.7. The first-order valence-electron chi connectivity index (χ1n) is 11.9. The number of hydrogen-bond acceptors (Lipinski definition) is 7. The van der Waals surface area contributed by atoms with Gasteiger partial charge in [-0.25, -0.2) is 18.8 Å². The van der Waals surface area contributed by atoms with E-state index in [4.69, 9.17) is 26.3 Å². The Kier molecular flexibility index (Phi) is 5.30. The number of morpholine rings is 1. The quantitative estimate of drug-likeness (QED) is 0.554. The van der Waals surface area contributed by atoms with Crippen LogP contribution >= 0.6 is 11.6 Å². The van der Waals surface area contributed by atoms with Crippen LogP contribution in [0.1, 0.15) is 24.6 Å². The molecule has 8 nitrogen and oxygen atoms in total. The smallest absolute Gasteiger partial charge is 0.263 e. The second-order valence-corrected chi connectivity index (χ2v) is 10.3. The van der Waals surface area contributed by atoms with Crippen molar-refractivity contribution in [1.29, 1.82) is 0 Å². The van der Waals surface area contributed by atoms with Gasteiger partial charge in [-0.1, -0.05) is 18.5 Å². The van der Waals surface area contributed by atoms with E-state index in [-0.39, 0.29) is 33.5 Å². The number of fused-ring (bicyclic) bond motifs is 2. The van der Waals surface area contributed by atoms with Gasteiger partial charge in [-0.2, -0.15) is 5.10 Å². The fraction of sp³-hybridized carbons (Fsp3) is 0.440. The van der Waals surface area contributed by atoms with Gasteiger partial charge in [0.15, 0.2) is 5.82 Å². The Hall–Kier alpha value is -3.04. The number of benzene rings is 1. The Morgan fingerprint density at radius 1 is 1.23 bits per heavy atom. The molecule has 1 aliphatic carbocycles. The monoisotopic (exact) mass is 496 g/mol. The molecule has 1 fully saturated rings. The minimum absolute atomic E-state index is 0.0890. The molecule has 6 rings (SSSR count). The van der Waals surface area contributed by atoms with Crippen molar-refractivity contribution in [3.05, 3.63) is 56.7 Å². The molecular formula is C25H26ClFN6O2. The number of halogens is 2. The Balaban J connectivity index is 1.49. The fourth-order valence-corrected chi connectivity index (χ4v) is 5.54. The molecule has 10 heteroatoms. The number of aryl methyl sites for hydroxylation is 1. The predicted octanol–water partition coefficient (Wildman–Crippen LogP) is 3.18. The first-order chi connectivity index (χ1) is 16.8. The topological polar surface area (TPSA) is 75.3 Å². The van der Waals surface area contributed by atoms with E-state index in [1.807, 2.05) is 24.3 Å². The van der Waals surface area contributed by atoms with Gasteiger partial charge in [0.25, 0.3) is 5.56 Å². The largest absolute Gasteiger partial charge is 0.374 e. The Morgan fingerprint density at radius 3 is 2.86 bits per heavy atom. The number of hydrogen-bond donors (Lipinski definition) is 0. The van der Waals surface area contributed by atoms with Crippen molar-refractivity contribution >= 4 is 29.3 Å². The number of anilines is 1. The van der Waals surface area contributed by atoms with Gasteiger partial charge < -0.3 is 9.64 Å². The van der Waals surface area contributed by atoms with Crippen LogP contribution in [0.15, 0.2) is 34.2 Å². The molecule has 0 bridgehead atoms. The maximum absolute atomic E-state index is 15.1. The first kappa shape index (κ1) is 22.4. The number of nitrogens with zero attached hydrogens (tertiary/aromatic N) is 6. The van der Waals surface area contributed by atoms with Crippen LogP contribution in [0.25, 0.3) is 17.0 Å². The summed E-state index contributed by atoms with van der Waals surface area (Å²) in [6, 6.07) is 6.24. The summed E-state index contributed by atoms with van der Waals surface area (Å²) in [5.74, 6) is 0.336. The maximum atomic E-state index is 15.1. The van der Waals surface area contributed by atoms with Crippen molar-refractivity contribution in [2.45, 2.75) is 32.3 Å². The van der Waals surface area contributed by atoms with Crippen LogP contribution in [0.5, 0.6) is 0 Å². The first-order valence-corrected chi connectivity index (χ1v) is 12.2. The Morgan fingerprint density at radius 2 is 2.09 bits per heavy atom. The van der Waals surface area contributed by atoms with Gasteiger partial charge in [-0.15, -0.1) is 0 Å². The lowest BCUT2D eigenvalue weighted by atomic mass is 9.85. The van der Waals surface area contributed by atoms with Crippen LogP contribution in [0, 0.1) is 11.2 Å². The van der Waals surface area contributed by atoms with Crippen LogP contribution in [0.4, 0.5) is 10.2 Å². The predicted molar refractivity (Wildman–Crippen MR) is 133 cm³/mol. The van der Waals surface area contributed by atoms with Crippen molar-refractivity contribution in [3.8, 4) is 11.4 Å². The molecule has 182 valence electrons. The van der Waals surface area contributed by atoms with Crippen LogP contribution in [-0.2, 0) is 17.6 Å². The second kappa shape index (κ2) is 8.27. The van der Waals surface area contributed by atoms with Crippen molar-refractivity contribution in [2.24, 2.45) is 10.5 Å². The summed E-state index contributed by atoms with van der Waals surface area (Å²) in [6.07, 6.45) is 4.20. The van der Waals surface area contributed by atoms with Gasteiger partial charge in [0.2, 0.25) is 0 Å². The van der Waals surface area contributed by atoms with Gasteiger partial charge >= 0.3 is 0 Å². The van der Waals surface area contributed by atoms with Gasteiger partial charge in [0.05, 0.1) is 29.4 Å². The Labute approximate surface area is 207 Å². The highest BCUT2D eigenvalue weighted by Gasteiger charge is 2.41. The minimum atomic E-state index is -0.534. The third-order valence-corrected chi connectivity index (χ3v) is 7.47. The van der Waals surface area contributed by atoms with Crippen LogP contribution < -0.4 is 10.5 Å². The van der Waals surface area contributed by atoms with Gasteiger partial charge in [0.1, 0.15) is 17.3 Å². The summed E-state index contributed by atoms with van der Waals surface area (Å²) in [6.45, 7) is 4.65. The normalized spacial score (nSPS) is 23.9. The summed E-state index contributed by atoms with van der Waals surface area (Å²) in [5, 5.41) is 6.60. The third-order valence-electron chi connectivity index (χ3n) is 7.24. The average molecular weight is 497 g/mol. The van der Waals surface area contributed by atoms with E-state index in [2.05, 4.69) is 16.9 Å². The minimum Gasteiger partial charge on any atom is -0.374 e. The highest BCUT2D eigenvalue weighted by molar-refractivity contribution is 6.30. The number of aromatic nitrogens is 3. The van der Waals surface area contributed by atoms with Crippen molar-refractivity contribution < 1.29 is 9.13 Å². The molecule has 0 saturated carbocycles. The lowest BCUT2D eigenvalue weighted by Crippen LogP contribution is -2.52. The fourth-order valence-electron chi connectivity index (χ4n) is 5.38. The molecule has 1 saturated heterocycles. The molecule has 2 aromatic heterocycles. The molecule has 2 atom stereocenters. The molecule has 0 amide bonds. The molecule has 0 N–H and O–H groups in total. The lowest BCUT2D eigenvalue weighted by molar-refractivity contribution is -0.0157. The molecular weight excluding hydrogens is 471 g/mol. The van der Waals surface area contributed by atoms with E-state index < -0.39 is 5.82 Å². The summed E-state index contributed by atoms with van der Waals surface area (Å²) in [7, 11) is 1.95. The zero-order valence-corrected chi connectivity index (χ0v) is 20.4. The van der Waals surface area contributed by atoms with Gasteiger partial charge in [-0.3, -0.25) is 9.80 Å². The van der Waals surface area contributed by atoms with Gasteiger partial charge in [0, 0.05) is 49.5 Å². The highest BCUT2D eigenvalue weighted by Crippen LogP contribution is 2.33. The van der Waals surface area contributed by atoms with E-state index in [1.165, 1.54) is 10.5 Å². The molecule has 3 aromatic rings. The summed E-state index contributed by atoms with van der Waals surface area (Å²) < 4.78 is 22.7. The van der Waals surface area contributed by atoms with Crippen molar-refractivity contribution in [2.75, 3.05) is 38.2 Å². The van der Waals surface area contributed by atoms with Crippen molar-refractivity contribution in [1.82, 2.24) is 19.4 Å². The number of hydrazone groups is 1. The maximum Gasteiger partial charge on any atom is 0.263 e. The van der Waals surface area contributed by atoms with Crippen LogP contribution in [-0.4, -0.2) is 65.0 Å². The molecule has 0 radical (unpaired) electrons. The molecule has 1 aromatic carbocycles. The summed E-state index contributed by atoms with van der Waals surface area (Å²) >= 11 is 6.01. The van der Waals surface area contributed by atoms with Crippen molar-refractivity contribution in [3.63, 3.8) is 0 Å². The Bertz CT molecular complexity index is 1430. The SMILES string of the molecule is CN1CC(C)([C@H]2CN(c3cc4nc5c(c(=O)n4c(-c4ccc(Cl)cc4F)n3)CCC5)CCO2)C=N1. The van der Waals surface area contributed by atoms with E-state index >= 15 is 4.39 Å². The molecule has 2 aliphatic heterocycles. The second-order valence-electron chi connectivity index (χ2n) is 9.82. The van der Waals surface area contributed by atoms with Crippen LogP contribution in [0.3, 0.4) is 0 Å². The van der Waals surface area contributed by atoms with E-state index in [0.717, 1.165) is 25.1 Å². The summed E-state index contributed by atoms with van der Waals surface area (Å²) in [5.41, 5.74) is 1.80. The standard InChI is InChI=1S/C25H26ClFN6O2/c1-25(13-28-31(2)14-25)20-12-32(8-9-35-20)21-11-22-29-19-5-3-4-17(19)24(34)33(22)23(30-21)16-7-6-15(26)10-18(16)27/h6-7,10-11,13,20H,3-5,8-9,12,14H2,1-2H3/t20-,25?/m1/s1. The lowest BCUT2D eigenvalue weighted by Gasteiger charge is -2.40. The molecule has 1 unspecified atom stereocenters. The number of ether oxygens (including phenoxy) is 1. The molecule has 3 aliphatic rings. The van der Waals surface area contributed by atoms with E-state index in [0.29, 0.717) is 43.1 Å². The van der Waals surface area contributed by atoms with E-state index in [1.54, 1.807) is 12.1 Å². The van der Waals surface area contributed by atoms with E-state index in [9.17, 15) is 4.79 Å². The van der Waals surface area contributed by atoms with Gasteiger partial charge in [-0.05, 0) is 37.5 Å². The third kappa shape index (κ3) is 3.77.